The Morgan fingerprint density at radius 3 is 1.48 bits per heavy atom. The van der Waals surface area contributed by atoms with Gasteiger partial charge in [0.05, 0.1) is 10.6 Å². The Morgan fingerprint density at radius 1 is 0.484 bits per heavy atom. The van der Waals surface area contributed by atoms with Gasteiger partial charge in [-0.3, -0.25) is 13.7 Å². The molecule has 0 bridgehead atoms. The van der Waals surface area contributed by atoms with E-state index in [1.807, 2.05) is 32.6 Å². The predicted molar refractivity (Wildman–Crippen MR) is 244 cm³/mol. The van der Waals surface area contributed by atoms with Crippen LogP contribution in [0, 0.1) is 0 Å². The molecule has 6 aromatic rings. The summed E-state index contributed by atoms with van der Waals surface area (Å²) in [5, 5.41) is 11.9. The highest BCUT2D eigenvalue weighted by molar-refractivity contribution is 7.86. The maximum absolute atomic E-state index is 12.7. The standard InChI is InChI=1S/C40H44N12O9S3/c1-5-51(6-2)39-47-35(45-36(48-39)42-29-12-11-13-31(24-29)62(53,54)55)41-28-21-17-26(18-22-28)16-19-27-20-23-30(25-34(27)64(59,60)61)43-37-46-38(50-40(49-37)52(7-3)8-4)44-32-14-9-10-15-33(32)63(56,57)58/h9-25H,5-8H2,1-4H3,(H,53,54,55)(H,56,57,58)(H,59,60,61)(H2,41,42,45,47,48)(H2,43,44,46,49,50)/b19-16+. The summed E-state index contributed by atoms with van der Waals surface area (Å²) in [6, 6.07) is 22.4. The smallest absolute Gasteiger partial charge is 0.296 e. The van der Waals surface area contributed by atoms with Gasteiger partial charge in [0.2, 0.25) is 35.7 Å². The maximum Gasteiger partial charge on any atom is 0.296 e. The highest BCUT2D eigenvalue weighted by Gasteiger charge is 2.20. The van der Waals surface area contributed by atoms with Gasteiger partial charge in [-0.25, -0.2) is 0 Å². The van der Waals surface area contributed by atoms with Gasteiger partial charge < -0.3 is 31.1 Å². The molecule has 2 heterocycles. The Hall–Kier alpha value is -6.83. The lowest BCUT2D eigenvalue weighted by atomic mass is 10.1. The second kappa shape index (κ2) is 19.7. The average molecular weight is 933 g/mol. The number of nitrogens with one attached hydrogen (secondary N) is 4. The molecule has 4 aromatic carbocycles. The summed E-state index contributed by atoms with van der Waals surface area (Å²) in [6.45, 7) is 9.84. The molecule has 24 heteroatoms. The summed E-state index contributed by atoms with van der Waals surface area (Å²) < 4.78 is 102. The third-order valence-electron chi connectivity index (χ3n) is 9.31. The van der Waals surface area contributed by atoms with E-state index in [1.54, 1.807) is 53.4 Å². The minimum absolute atomic E-state index is 0.00390. The molecule has 0 fully saturated rings. The largest absolute Gasteiger partial charge is 0.341 e. The van der Waals surface area contributed by atoms with Crippen molar-refractivity contribution in [3.63, 3.8) is 0 Å². The van der Waals surface area contributed by atoms with Crippen LogP contribution in [0.15, 0.2) is 106 Å². The number of benzene rings is 4. The molecular formula is C40H44N12O9S3. The van der Waals surface area contributed by atoms with Crippen LogP contribution in [0.3, 0.4) is 0 Å². The zero-order valence-electron chi connectivity index (χ0n) is 34.7. The molecule has 2 aromatic heterocycles. The fourth-order valence-corrected chi connectivity index (χ4v) is 8.01. The first-order chi connectivity index (χ1) is 30.4. The molecule has 0 unspecified atom stereocenters. The molecule has 6 rings (SSSR count). The van der Waals surface area contributed by atoms with Crippen molar-refractivity contribution >= 4 is 101 Å². The molecule has 21 nitrogen and oxygen atoms in total. The number of anilines is 10. The predicted octanol–water partition coefficient (Wildman–Crippen LogP) is 6.63. The minimum atomic E-state index is -4.76. The van der Waals surface area contributed by atoms with Crippen LogP contribution in [0.2, 0.25) is 0 Å². The topological polar surface area (TPSA) is 295 Å². The summed E-state index contributed by atoms with van der Waals surface area (Å²) in [5.74, 6) is 0.741. The fraction of sp³-hybridized carbons (Fsp3) is 0.200. The first-order valence-electron chi connectivity index (χ1n) is 19.5. The van der Waals surface area contributed by atoms with Crippen molar-refractivity contribution in [2.75, 3.05) is 57.2 Å². The lowest BCUT2D eigenvalue weighted by Gasteiger charge is -2.20. The van der Waals surface area contributed by atoms with Crippen LogP contribution in [0.1, 0.15) is 38.8 Å². The Kier molecular flexibility index (Phi) is 14.4. The Balaban J connectivity index is 1.23. The number of hydrogen-bond donors (Lipinski definition) is 7. The van der Waals surface area contributed by atoms with Crippen molar-refractivity contribution in [1.29, 1.82) is 0 Å². The number of hydrogen-bond acceptors (Lipinski definition) is 18. The molecule has 0 aliphatic rings. The van der Waals surface area contributed by atoms with Crippen molar-refractivity contribution in [3.05, 3.63) is 102 Å². The van der Waals surface area contributed by atoms with E-state index < -0.39 is 40.1 Å². The summed E-state index contributed by atoms with van der Waals surface area (Å²) in [4.78, 5) is 29.3. The van der Waals surface area contributed by atoms with Crippen LogP contribution in [-0.4, -0.2) is 95.0 Å². The van der Waals surface area contributed by atoms with Gasteiger partial charge in [-0.15, -0.1) is 0 Å². The first kappa shape index (κ1) is 46.7. The average Bonchev–Trinajstić information content (AvgIpc) is 3.24. The van der Waals surface area contributed by atoms with Gasteiger partial charge in [0.15, 0.2) is 0 Å². The van der Waals surface area contributed by atoms with Crippen molar-refractivity contribution < 1.29 is 38.9 Å². The van der Waals surface area contributed by atoms with E-state index in [-0.39, 0.29) is 51.6 Å². The van der Waals surface area contributed by atoms with Crippen molar-refractivity contribution in [3.8, 4) is 0 Å². The van der Waals surface area contributed by atoms with Crippen LogP contribution in [0.5, 0.6) is 0 Å². The van der Waals surface area contributed by atoms with E-state index in [2.05, 4.69) is 51.2 Å². The number of aromatic nitrogens is 6. The number of rotatable bonds is 19. The van der Waals surface area contributed by atoms with E-state index in [1.165, 1.54) is 54.6 Å². The van der Waals surface area contributed by atoms with Gasteiger partial charge in [-0.1, -0.05) is 48.6 Å². The lowest BCUT2D eigenvalue weighted by molar-refractivity contribution is 0.481. The Bertz CT molecular complexity index is 3010. The molecule has 0 aliphatic heterocycles. The quantitative estimate of drug-likeness (QED) is 0.0331. The molecule has 0 atom stereocenters. The van der Waals surface area contributed by atoms with Crippen LogP contribution in [0.4, 0.5) is 58.4 Å². The summed E-state index contributed by atoms with van der Waals surface area (Å²) in [6.07, 6.45) is 3.17. The van der Waals surface area contributed by atoms with E-state index in [9.17, 15) is 38.9 Å². The van der Waals surface area contributed by atoms with Crippen LogP contribution in [0.25, 0.3) is 12.2 Å². The lowest BCUT2D eigenvalue weighted by Crippen LogP contribution is -2.25. The highest BCUT2D eigenvalue weighted by Crippen LogP contribution is 2.29. The van der Waals surface area contributed by atoms with Gasteiger partial charge in [0.1, 0.15) is 9.79 Å². The Morgan fingerprint density at radius 2 is 0.969 bits per heavy atom. The summed E-state index contributed by atoms with van der Waals surface area (Å²) in [7, 11) is -13.8. The van der Waals surface area contributed by atoms with Gasteiger partial charge >= 0.3 is 0 Å². The second-order valence-corrected chi connectivity index (χ2v) is 17.8. The molecule has 0 saturated heterocycles. The molecule has 336 valence electrons. The second-order valence-electron chi connectivity index (χ2n) is 13.6. The summed E-state index contributed by atoms with van der Waals surface area (Å²) in [5.41, 5.74) is 1.93. The third-order valence-corrected chi connectivity index (χ3v) is 12.0. The maximum atomic E-state index is 12.7. The van der Waals surface area contributed by atoms with Crippen molar-refractivity contribution in [1.82, 2.24) is 29.9 Å². The zero-order chi connectivity index (χ0) is 46.2. The molecule has 0 aliphatic carbocycles. The minimum Gasteiger partial charge on any atom is -0.341 e. The molecule has 0 spiro atoms. The normalized spacial score (nSPS) is 11.9. The SMILES string of the molecule is CCN(CC)c1nc(Nc2ccc(/C=C/c3ccc(Nc4nc(Nc5ccccc5S(=O)(=O)O)nc(N(CC)CC)n4)cc3S(=O)(=O)O)cc2)nc(Nc2cccc(S(=O)(=O)O)c2)n1. The van der Waals surface area contributed by atoms with Crippen LogP contribution >= 0.6 is 0 Å². The summed E-state index contributed by atoms with van der Waals surface area (Å²) >= 11 is 0. The number of nitrogens with zero attached hydrogens (tertiary/aromatic N) is 8. The molecule has 7 N–H and O–H groups in total. The highest BCUT2D eigenvalue weighted by atomic mass is 32.2. The molecule has 0 amide bonds. The van der Waals surface area contributed by atoms with Gasteiger partial charge in [-0.2, -0.15) is 55.2 Å². The fourth-order valence-electron chi connectivity index (χ4n) is 6.12. The monoisotopic (exact) mass is 932 g/mol. The zero-order valence-corrected chi connectivity index (χ0v) is 37.2. The van der Waals surface area contributed by atoms with E-state index >= 15 is 0 Å². The molecular weight excluding hydrogens is 889 g/mol. The molecule has 0 saturated carbocycles. The first-order valence-corrected chi connectivity index (χ1v) is 23.8. The molecule has 0 radical (unpaired) electrons. The third kappa shape index (κ3) is 12.0. The number of para-hydroxylation sites is 1. The van der Waals surface area contributed by atoms with Gasteiger partial charge in [-0.05, 0) is 93.4 Å². The van der Waals surface area contributed by atoms with E-state index in [4.69, 9.17) is 0 Å². The van der Waals surface area contributed by atoms with E-state index in [0.717, 1.165) is 0 Å². The molecule has 64 heavy (non-hydrogen) atoms. The van der Waals surface area contributed by atoms with Gasteiger partial charge in [0, 0.05) is 43.2 Å². The van der Waals surface area contributed by atoms with Crippen molar-refractivity contribution in [2.24, 2.45) is 0 Å². The van der Waals surface area contributed by atoms with Crippen LogP contribution < -0.4 is 31.1 Å². The Labute approximate surface area is 370 Å². The van der Waals surface area contributed by atoms with E-state index in [0.29, 0.717) is 49.1 Å². The van der Waals surface area contributed by atoms with Crippen molar-refractivity contribution in [2.45, 2.75) is 42.4 Å². The van der Waals surface area contributed by atoms with Crippen LogP contribution in [-0.2, 0) is 30.4 Å². The van der Waals surface area contributed by atoms with Gasteiger partial charge in [0.25, 0.3) is 30.4 Å².